The van der Waals surface area contributed by atoms with Crippen LogP contribution in [0.3, 0.4) is 0 Å². The van der Waals surface area contributed by atoms with Crippen LogP contribution in [0.5, 0.6) is 0 Å². The standard InChI is InChI=1S/C36H26S2/c1-25-3-7-27(8-4-25)11-13-29-15-17-31-23-33(37-35(31)21-29)19-20-34-24-32-18-16-30(22-36(32)38-34)14-12-28-9-5-26(2)6-10-28/h3-18,21-24H,1-2H3/b13-11+,14-12+. The Bertz CT molecular complexity index is 1720. The van der Waals surface area contributed by atoms with Gasteiger partial charge in [-0.25, -0.2) is 0 Å². The molecule has 2 heteroatoms. The highest BCUT2D eigenvalue weighted by atomic mass is 32.1. The second-order valence-corrected chi connectivity index (χ2v) is 11.7. The maximum Gasteiger partial charge on any atom is 0.0785 e. The molecule has 0 nitrogen and oxygen atoms in total. The van der Waals surface area contributed by atoms with Gasteiger partial charge in [-0.2, -0.15) is 0 Å². The lowest BCUT2D eigenvalue weighted by Gasteiger charge is -1.96. The van der Waals surface area contributed by atoms with Gasteiger partial charge in [-0.05, 0) is 83.0 Å². The maximum atomic E-state index is 3.41. The zero-order chi connectivity index (χ0) is 25.9. The zero-order valence-corrected chi connectivity index (χ0v) is 23.0. The van der Waals surface area contributed by atoms with Crippen LogP contribution < -0.4 is 0 Å². The number of hydrogen-bond acceptors (Lipinski definition) is 2. The quantitative estimate of drug-likeness (QED) is 0.160. The van der Waals surface area contributed by atoms with E-state index in [4.69, 9.17) is 0 Å². The summed E-state index contributed by atoms with van der Waals surface area (Å²) in [4.78, 5) is 2.19. The summed E-state index contributed by atoms with van der Waals surface area (Å²) in [5.41, 5.74) is 7.40. The molecule has 2 aromatic heterocycles. The van der Waals surface area contributed by atoms with Crippen molar-refractivity contribution in [1.29, 1.82) is 0 Å². The average Bonchev–Trinajstić information content (AvgIpc) is 3.54. The van der Waals surface area contributed by atoms with Gasteiger partial charge in [-0.15, -0.1) is 22.7 Å². The molecule has 6 aromatic rings. The molecule has 0 amide bonds. The van der Waals surface area contributed by atoms with E-state index in [2.05, 4.69) is 147 Å². The second-order valence-electron chi connectivity index (χ2n) is 9.55. The van der Waals surface area contributed by atoms with E-state index in [9.17, 15) is 0 Å². The molecule has 6 rings (SSSR count). The van der Waals surface area contributed by atoms with E-state index >= 15 is 0 Å². The molecule has 0 radical (unpaired) electrons. The van der Waals surface area contributed by atoms with Gasteiger partial charge in [-0.1, -0.05) is 108 Å². The minimum absolute atomic E-state index is 1.10. The molecular weight excluding hydrogens is 497 g/mol. The van der Waals surface area contributed by atoms with Gasteiger partial charge in [0.25, 0.3) is 0 Å². The van der Waals surface area contributed by atoms with Crippen molar-refractivity contribution in [3.05, 3.63) is 140 Å². The predicted molar refractivity (Wildman–Crippen MR) is 170 cm³/mol. The smallest absolute Gasteiger partial charge is 0.0785 e. The largest absolute Gasteiger partial charge is 0.127 e. The fraction of sp³-hybridized carbons (Fsp3) is 0.0556. The molecule has 0 bridgehead atoms. The van der Waals surface area contributed by atoms with E-state index < -0.39 is 0 Å². The Labute approximate surface area is 232 Å². The van der Waals surface area contributed by atoms with E-state index in [1.807, 2.05) is 0 Å². The number of benzene rings is 4. The minimum Gasteiger partial charge on any atom is -0.127 e. The summed E-state index contributed by atoms with van der Waals surface area (Å²) in [6.45, 7) is 4.23. The van der Waals surface area contributed by atoms with Crippen molar-refractivity contribution < 1.29 is 0 Å². The highest BCUT2D eigenvalue weighted by molar-refractivity contribution is 7.20. The Morgan fingerprint density at radius 3 is 1.24 bits per heavy atom. The Kier molecular flexibility index (Phi) is 6.80. The molecule has 0 aliphatic heterocycles. The molecule has 0 saturated carbocycles. The van der Waals surface area contributed by atoms with Crippen LogP contribution in [0.1, 0.15) is 43.1 Å². The van der Waals surface area contributed by atoms with Gasteiger partial charge in [0.2, 0.25) is 0 Å². The predicted octanol–water partition coefficient (Wildman–Crippen LogP) is 10.5. The maximum absolute atomic E-state index is 3.41. The molecule has 0 saturated heterocycles. The van der Waals surface area contributed by atoms with Crippen LogP contribution in [-0.2, 0) is 0 Å². The molecule has 182 valence electrons. The molecule has 4 aromatic carbocycles. The Morgan fingerprint density at radius 2 is 0.816 bits per heavy atom. The number of thiophene rings is 2. The van der Waals surface area contributed by atoms with Gasteiger partial charge < -0.3 is 0 Å². The van der Waals surface area contributed by atoms with Gasteiger partial charge in [-0.3, -0.25) is 0 Å². The third kappa shape index (κ3) is 5.71. The first kappa shape index (κ1) is 24.2. The monoisotopic (exact) mass is 522 g/mol. The van der Waals surface area contributed by atoms with Crippen molar-refractivity contribution in [3.8, 4) is 11.8 Å². The summed E-state index contributed by atoms with van der Waals surface area (Å²) in [6.07, 6.45) is 8.69. The zero-order valence-electron chi connectivity index (χ0n) is 21.4. The summed E-state index contributed by atoms with van der Waals surface area (Å²) >= 11 is 3.51. The van der Waals surface area contributed by atoms with Gasteiger partial charge in [0, 0.05) is 9.40 Å². The van der Waals surface area contributed by atoms with E-state index in [1.54, 1.807) is 22.7 Å². The van der Waals surface area contributed by atoms with Crippen molar-refractivity contribution >= 4 is 67.1 Å². The SMILES string of the molecule is Cc1ccc(/C=C/c2ccc3cc(C#Cc4cc5ccc(/C=C/c6ccc(C)cc6)cc5s4)sc3c2)cc1. The molecular formula is C36H26S2. The van der Waals surface area contributed by atoms with E-state index in [1.165, 1.54) is 53.6 Å². The third-order valence-corrected chi connectivity index (χ3v) is 8.51. The Hall–Kier alpha value is -4.16. The normalized spacial score (nSPS) is 11.5. The van der Waals surface area contributed by atoms with E-state index in [0.29, 0.717) is 0 Å². The molecule has 0 atom stereocenters. The Morgan fingerprint density at radius 1 is 0.447 bits per heavy atom. The van der Waals surface area contributed by atoms with Crippen molar-refractivity contribution in [3.63, 3.8) is 0 Å². The fourth-order valence-electron chi connectivity index (χ4n) is 4.29. The van der Waals surface area contributed by atoms with E-state index in [-0.39, 0.29) is 0 Å². The average molecular weight is 523 g/mol. The molecule has 0 fully saturated rings. The highest BCUT2D eigenvalue weighted by Crippen LogP contribution is 2.29. The molecule has 38 heavy (non-hydrogen) atoms. The first-order chi connectivity index (χ1) is 18.6. The van der Waals surface area contributed by atoms with Gasteiger partial charge in [0.05, 0.1) is 9.75 Å². The lowest BCUT2D eigenvalue weighted by molar-refractivity contribution is 1.46. The third-order valence-electron chi connectivity index (χ3n) is 6.49. The molecule has 0 N–H and O–H groups in total. The van der Waals surface area contributed by atoms with Gasteiger partial charge in [0.15, 0.2) is 0 Å². The van der Waals surface area contributed by atoms with Crippen LogP contribution in [0, 0.1) is 25.7 Å². The first-order valence-corrected chi connectivity index (χ1v) is 14.3. The van der Waals surface area contributed by atoms with E-state index in [0.717, 1.165) is 9.75 Å². The van der Waals surface area contributed by atoms with Crippen molar-refractivity contribution in [2.24, 2.45) is 0 Å². The first-order valence-electron chi connectivity index (χ1n) is 12.7. The number of aryl methyl sites for hydroxylation is 2. The number of hydrogen-bond donors (Lipinski definition) is 0. The topological polar surface area (TPSA) is 0 Å². The summed E-state index contributed by atoms with van der Waals surface area (Å²) in [6, 6.07) is 34.8. The van der Waals surface area contributed by atoms with Crippen LogP contribution in [0.4, 0.5) is 0 Å². The summed E-state index contributed by atoms with van der Waals surface area (Å²) in [7, 11) is 0. The van der Waals surface area contributed by atoms with Gasteiger partial charge >= 0.3 is 0 Å². The van der Waals surface area contributed by atoms with Gasteiger partial charge in [0.1, 0.15) is 0 Å². The highest BCUT2D eigenvalue weighted by Gasteiger charge is 2.03. The van der Waals surface area contributed by atoms with Crippen LogP contribution in [0.25, 0.3) is 44.5 Å². The minimum atomic E-state index is 1.10. The summed E-state index contributed by atoms with van der Waals surface area (Å²) < 4.78 is 2.53. The van der Waals surface area contributed by atoms with Crippen molar-refractivity contribution in [2.75, 3.05) is 0 Å². The van der Waals surface area contributed by atoms with Crippen LogP contribution >= 0.6 is 22.7 Å². The molecule has 2 heterocycles. The summed E-state index contributed by atoms with van der Waals surface area (Å²) in [5.74, 6) is 6.81. The molecule has 0 unspecified atom stereocenters. The van der Waals surface area contributed by atoms with Crippen LogP contribution in [0.15, 0.2) is 97.1 Å². The van der Waals surface area contributed by atoms with Crippen LogP contribution in [-0.4, -0.2) is 0 Å². The van der Waals surface area contributed by atoms with Crippen molar-refractivity contribution in [2.45, 2.75) is 13.8 Å². The fourth-order valence-corrected chi connectivity index (χ4v) is 6.22. The molecule has 0 spiro atoms. The van der Waals surface area contributed by atoms with Crippen LogP contribution in [0.2, 0.25) is 0 Å². The molecule has 0 aliphatic carbocycles. The lowest BCUT2D eigenvalue weighted by Crippen LogP contribution is -1.74. The van der Waals surface area contributed by atoms with Crippen molar-refractivity contribution in [1.82, 2.24) is 0 Å². The second kappa shape index (κ2) is 10.7. The Balaban J connectivity index is 1.19. The number of rotatable bonds is 4. The summed E-state index contributed by atoms with van der Waals surface area (Å²) in [5, 5.41) is 2.49. The number of fused-ring (bicyclic) bond motifs is 2. The molecule has 0 aliphatic rings. The lowest BCUT2D eigenvalue weighted by atomic mass is 10.1.